The maximum Gasteiger partial charge on any atom is 0.115 e. The van der Waals surface area contributed by atoms with Crippen LogP contribution in [0.2, 0.25) is 0 Å². The lowest BCUT2D eigenvalue weighted by Crippen LogP contribution is -2.61. The summed E-state index contributed by atoms with van der Waals surface area (Å²) in [7, 11) is 0. The topological polar surface area (TPSA) is 23.5 Å². The lowest BCUT2D eigenvalue weighted by molar-refractivity contribution is -0.00642. The predicted molar refractivity (Wildman–Crippen MR) is 101 cm³/mol. The third-order valence-electron chi connectivity index (χ3n) is 6.41. The summed E-state index contributed by atoms with van der Waals surface area (Å²) < 4.78 is 0. The van der Waals surface area contributed by atoms with E-state index in [1.165, 1.54) is 55.3 Å². The molecule has 1 N–H and O–H groups in total. The van der Waals surface area contributed by atoms with Gasteiger partial charge in [-0.05, 0) is 68.3 Å². The van der Waals surface area contributed by atoms with Crippen molar-refractivity contribution in [2.45, 2.75) is 56.9 Å². The molecule has 0 aromatic heterocycles. The third-order valence-corrected chi connectivity index (χ3v) is 6.41. The van der Waals surface area contributed by atoms with Crippen molar-refractivity contribution in [3.8, 4) is 5.75 Å². The fraction of sp³-hybridized carbons (Fsp3) is 0.600. The first kappa shape index (κ1) is 17.0. The second-order valence-electron chi connectivity index (χ2n) is 7.80. The zero-order chi connectivity index (χ0) is 15.3. The molecule has 1 saturated carbocycles. The maximum absolute atomic E-state index is 10.0. The number of fused-ring (bicyclic) bond motifs is 1. The van der Waals surface area contributed by atoms with Crippen LogP contribution in [0.15, 0.2) is 30.4 Å². The van der Waals surface area contributed by atoms with E-state index >= 15 is 0 Å². The van der Waals surface area contributed by atoms with Crippen LogP contribution in [0, 0.1) is 5.92 Å². The molecule has 1 saturated heterocycles. The van der Waals surface area contributed by atoms with Gasteiger partial charge in [-0.2, -0.15) is 0 Å². The lowest BCUT2D eigenvalue weighted by Gasteiger charge is -2.59. The summed E-state index contributed by atoms with van der Waals surface area (Å²) >= 11 is 0. The molecule has 3 atom stereocenters. The minimum atomic E-state index is 0. The van der Waals surface area contributed by atoms with Crippen LogP contribution in [0.5, 0.6) is 5.75 Å². The third kappa shape index (κ3) is 2.66. The van der Waals surface area contributed by atoms with Gasteiger partial charge in [-0.3, -0.25) is 4.90 Å². The van der Waals surface area contributed by atoms with Crippen LogP contribution in [-0.4, -0.2) is 29.1 Å². The number of benzene rings is 1. The van der Waals surface area contributed by atoms with Gasteiger partial charge in [0.15, 0.2) is 0 Å². The highest BCUT2D eigenvalue weighted by Gasteiger charge is 2.53. The number of phenolic OH excluding ortho intramolecular Hbond substituents is 1. The molecule has 1 heterocycles. The van der Waals surface area contributed by atoms with Crippen LogP contribution in [0.25, 0.3) is 0 Å². The predicted octanol–water partition coefficient (Wildman–Crippen LogP) is 4.60. The first-order valence-electron chi connectivity index (χ1n) is 8.81. The van der Waals surface area contributed by atoms with Crippen molar-refractivity contribution >= 4 is 17.0 Å². The summed E-state index contributed by atoms with van der Waals surface area (Å²) in [5.74, 6) is 1.21. The van der Waals surface area contributed by atoms with Gasteiger partial charge in [-0.15, -0.1) is 17.0 Å². The molecule has 2 bridgehead atoms. The Balaban J connectivity index is 0.00000156. The number of aromatic hydroxyl groups is 1. The second-order valence-corrected chi connectivity index (χ2v) is 7.80. The molecular weight excluding hydrogens is 350 g/mol. The van der Waals surface area contributed by atoms with E-state index in [1.807, 2.05) is 6.07 Å². The highest BCUT2D eigenvalue weighted by atomic mass is 79.9. The average Bonchev–Trinajstić information content (AvgIpc) is 2.50. The minimum absolute atomic E-state index is 0. The van der Waals surface area contributed by atoms with Crippen molar-refractivity contribution in [1.82, 2.24) is 4.90 Å². The Kier molecular flexibility index (Phi) is 4.63. The van der Waals surface area contributed by atoms with Crippen molar-refractivity contribution in [2.24, 2.45) is 5.92 Å². The quantitative estimate of drug-likeness (QED) is 0.760. The number of likely N-dealkylation sites (tertiary alicyclic amines) is 1. The molecule has 23 heavy (non-hydrogen) atoms. The number of piperidine rings is 1. The number of halogens is 1. The van der Waals surface area contributed by atoms with E-state index in [0.29, 0.717) is 17.2 Å². The van der Waals surface area contributed by atoms with Crippen LogP contribution in [0.4, 0.5) is 0 Å². The van der Waals surface area contributed by atoms with Crippen LogP contribution < -0.4 is 0 Å². The van der Waals surface area contributed by atoms with E-state index < -0.39 is 0 Å². The van der Waals surface area contributed by atoms with Gasteiger partial charge in [0.25, 0.3) is 0 Å². The van der Waals surface area contributed by atoms with Gasteiger partial charge in [0.05, 0.1) is 0 Å². The first-order chi connectivity index (χ1) is 10.6. The van der Waals surface area contributed by atoms with Gasteiger partial charge in [0.2, 0.25) is 0 Å². The molecule has 0 radical (unpaired) electrons. The van der Waals surface area contributed by atoms with E-state index in [9.17, 15) is 5.11 Å². The molecule has 0 amide bonds. The van der Waals surface area contributed by atoms with Crippen LogP contribution >= 0.6 is 17.0 Å². The van der Waals surface area contributed by atoms with Crippen molar-refractivity contribution in [3.05, 3.63) is 41.5 Å². The number of phenols is 1. The molecule has 2 nitrogen and oxygen atoms in total. The summed E-state index contributed by atoms with van der Waals surface area (Å²) in [6.45, 7) is 8.52. The summed E-state index contributed by atoms with van der Waals surface area (Å²) in [6.07, 6.45) is 7.78. The van der Waals surface area contributed by atoms with E-state index in [4.69, 9.17) is 0 Å². The van der Waals surface area contributed by atoms with Gasteiger partial charge >= 0.3 is 0 Å². The molecule has 1 aromatic carbocycles. The Morgan fingerprint density at radius 3 is 2.96 bits per heavy atom. The Hall–Kier alpha value is -0.800. The molecule has 0 spiro atoms. The Labute approximate surface area is 150 Å². The number of hydrogen-bond donors (Lipinski definition) is 1. The first-order valence-corrected chi connectivity index (χ1v) is 8.81. The van der Waals surface area contributed by atoms with E-state index in [-0.39, 0.29) is 17.0 Å². The van der Waals surface area contributed by atoms with E-state index in [0.717, 1.165) is 18.9 Å². The summed E-state index contributed by atoms with van der Waals surface area (Å²) in [4.78, 5) is 2.69. The standard InChI is InChI=1S/C20H27NO.BrH/c1-14(2)13-21-10-9-20-8-4-3-5-17(20)19(21)11-15-6-7-16(22)12-18(15)20;/h6-7,12,17,19,22H,1,3-5,8-11,13H2,2H3;1H/t17-,19-,20+;/m0./s1. The zero-order valence-corrected chi connectivity index (χ0v) is 15.8. The Bertz CT molecular complexity index is 614. The minimum Gasteiger partial charge on any atom is -0.508 e. The molecule has 0 unspecified atom stereocenters. The maximum atomic E-state index is 10.0. The number of rotatable bonds is 2. The van der Waals surface area contributed by atoms with Gasteiger partial charge < -0.3 is 5.11 Å². The molecule has 1 aromatic rings. The van der Waals surface area contributed by atoms with Crippen molar-refractivity contribution in [1.29, 1.82) is 0 Å². The van der Waals surface area contributed by atoms with E-state index in [2.05, 4.69) is 30.5 Å². The number of hydrogen-bond acceptors (Lipinski definition) is 2. The van der Waals surface area contributed by atoms with Crippen LogP contribution in [0.3, 0.4) is 0 Å². The summed E-state index contributed by atoms with van der Waals surface area (Å²) in [5.41, 5.74) is 4.57. The molecule has 4 rings (SSSR count). The molecule has 1 aliphatic heterocycles. The fourth-order valence-corrected chi connectivity index (χ4v) is 5.62. The Morgan fingerprint density at radius 1 is 1.35 bits per heavy atom. The van der Waals surface area contributed by atoms with E-state index in [1.54, 1.807) is 0 Å². The lowest BCUT2D eigenvalue weighted by atomic mass is 9.52. The van der Waals surface area contributed by atoms with Crippen molar-refractivity contribution < 1.29 is 5.11 Å². The highest BCUT2D eigenvalue weighted by molar-refractivity contribution is 8.93. The van der Waals surface area contributed by atoms with Gasteiger partial charge in [-0.1, -0.05) is 31.1 Å². The smallest absolute Gasteiger partial charge is 0.115 e. The summed E-state index contributed by atoms with van der Waals surface area (Å²) in [5, 5.41) is 10.0. The molecule has 3 heteroatoms. The van der Waals surface area contributed by atoms with Gasteiger partial charge in [0.1, 0.15) is 5.75 Å². The molecule has 2 fully saturated rings. The monoisotopic (exact) mass is 377 g/mol. The largest absolute Gasteiger partial charge is 0.508 e. The van der Waals surface area contributed by atoms with Crippen molar-refractivity contribution in [3.63, 3.8) is 0 Å². The SMILES string of the molecule is Br.C=C(C)CN1CC[C@]23CCCC[C@H]2[C@@H]1Cc1ccc(O)cc13. The van der Waals surface area contributed by atoms with Crippen molar-refractivity contribution in [2.75, 3.05) is 13.1 Å². The van der Waals surface area contributed by atoms with Crippen LogP contribution in [-0.2, 0) is 11.8 Å². The molecule has 2 aliphatic carbocycles. The Morgan fingerprint density at radius 2 is 2.17 bits per heavy atom. The molecule has 3 aliphatic rings. The molecule has 126 valence electrons. The van der Waals surface area contributed by atoms with Gasteiger partial charge in [-0.25, -0.2) is 0 Å². The average molecular weight is 378 g/mol. The normalized spacial score (nSPS) is 32.4. The zero-order valence-electron chi connectivity index (χ0n) is 14.1. The summed E-state index contributed by atoms with van der Waals surface area (Å²) in [6, 6.07) is 6.80. The second kappa shape index (κ2) is 6.25. The molecular formula is C20H28BrNO. The highest BCUT2D eigenvalue weighted by Crippen LogP contribution is 2.56. The fourth-order valence-electron chi connectivity index (χ4n) is 5.62. The van der Waals surface area contributed by atoms with Crippen LogP contribution in [0.1, 0.15) is 50.2 Å². The van der Waals surface area contributed by atoms with Gasteiger partial charge in [0, 0.05) is 18.0 Å². The number of nitrogens with zero attached hydrogens (tertiary/aromatic N) is 1.